The number of aryl methyl sites for hydroxylation is 1. The van der Waals surface area contributed by atoms with Gasteiger partial charge in [-0.05, 0) is 48.7 Å². The Bertz CT molecular complexity index is 899. The molecule has 1 aliphatic rings. The number of rotatable bonds is 4. The molecule has 1 amide bonds. The molecule has 6 heteroatoms. The van der Waals surface area contributed by atoms with Crippen LogP contribution in [0.1, 0.15) is 28.8 Å². The molecule has 1 aromatic heterocycles. The van der Waals surface area contributed by atoms with Gasteiger partial charge in [0, 0.05) is 30.2 Å². The second-order valence-electron chi connectivity index (χ2n) is 6.21. The lowest BCUT2D eigenvalue weighted by Gasteiger charge is -2.22. The third-order valence-corrected chi connectivity index (χ3v) is 4.62. The minimum Gasteiger partial charge on any atom is -0.331 e. The first-order chi connectivity index (χ1) is 11.6. The number of carbonyl (C=O) groups excluding carboxylic acids is 1. The normalized spacial score (nSPS) is 14.1. The van der Waals surface area contributed by atoms with E-state index in [-0.39, 0.29) is 5.91 Å². The van der Waals surface area contributed by atoms with Gasteiger partial charge in [-0.25, -0.2) is 4.68 Å². The fourth-order valence-electron chi connectivity index (χ4n) is 2.88. The van der Waals surface area contributed by atoms with E-state index < -0.39 is 0 Å². The van der Waals surface area contributed by atoms with Crippen LogP contribution in [0.5, 0.6) is 0 Å². The van der Waals surface area contributed by atoms with Crippen LogP contribution in [-0.2, 0) is 13.6 Å². The Morgan fingerprint density at radius 3 is 2.71 bits per heavy atom. The lowest BCUT2D eigenvalue weighted by molar-refractivity contribution is 0.0730. The minimum atomic E-state index is 0.0417. The van der Waals surface area contributed by atoms with Crippen molar-refractivity contribution < 1.29 is 4.79 Å². The van der Waals surface area contributed by atoms with E-state index in [1.54, 1.807) is 4.68 Å². The zero-order chi connectivity index (χ0) is 16.7. The van der Waals surface area contributed by atoms with E-state index >= 15 is 0 Å². The zero-order valence-electron chi connectivity index (χ0n) is 13.3. The van der Waals surface area contributed by atoms with Gasteiger partial charge in [0.15, 0.2) is 0 Å². The van der Waals surface area contributed by atoms with Crippen molar-refractivity contribution in [3.63, 3.8) is 0 Å². The third kappa shape index (κ3) is 2.87. The molecular formula is C18H17ClN4O. The molecule has 0 saturated heterocycles. The molecule has 4 rings (SSSR count). The number of hydrogen-bond donors (Lipinski definition) is 0. The second-order valence-corrected chi connectivity index (χ2v) is 6.64. The molecule has 0 unspecified atom stereocenters. The van der Waals surface area contributed by atoms with Crippen molar-refractivity contribution in [1.82, 2.24) is 19.9 Å². The molecule has 1 fully saturated rings. The molecule has 24 heavy (non-hydrogen) atoms. The van der Waals surface area contributed by atoms with Gasteiger partial charge in [-0.3, -0.25) is 4.79 Å². The first kappa shape index (κ1) is 15.1. The fourth-order valence-corrected chi connectivity index (χ4v) is 3.00. The maximum absolute atomic E-state index is 13.0. The minimum absolute atomic E-state index is 0.0417. The molecular weight excluding hydrogens is 324 g/mol. The number of aromatic nitrogens is 3. The summed E-state index contributed by atoms with van der Waals surface area (Å²) in [7, 11) is 1.84. The summed E-state index contributed by atoms with van der Waals surface area (Å²) in [5.41, 5.74) is 3.40. The maximum Gasteiger partial charge on any atom is 0.254 e. The van der Waals surface area contributed by atoms with Crippen molar-refractivity contribution in [1.29, 1.82) is 0 Å². The first-order valence-electron chi connectivity index (χ1n) is 7.97. The van der Waals surface area contributed by atoms with Crippen LogP contribution in [0.15, 0.2) is 42.5 Å². The third-order valence-electron chi connectivity index (χ3n) is 4.37. The molecule has 5 nitrogen and oxygen atoms in total. The number of amides is 1. The largest absolute Gasteiger partial charge is 0.331 e. The number of nitrogens with zero attached hydrogens (tertiary/aromatic N) is 4. The van der Waals surface area contributed by atoms with Crippen LogP contribution in [0.3, 0.4) is 0 Å². The lowest BCUT2D eigenvalue weighted by Crippen LogP contribution is -2.32. The highest BCUT2D eigenvalue weighted by Crippen LogP contribution is 2.30. The van der Waals surface area contributed by atoms with Gasteiger partial charge < -0.3 is 4.90 Å². The van der Waals surface area contributed by atoms with Gasteiger partial charge in [-0.15, -0.1) is 5.10 Å². The predicted molar refractivity (Wildman–Crippen MR) is 92.9 cm³/mol. The Morgan fingerprint density at radius 1 is 1.25 bits per heavy atom. The van der Waals surface area contributed by atoms with Gasteiger partial charge in [-0.2, -0.15) is 0 Å². The first-order valence-corrected chi connectivity index (χ1v) is 8.34. The van der Waals surface area contributed by atoms with E-state index in [0.717, 1.165) is 29.4 Å². The van der Waals surface area contributed by atoms with Crippen LogP contribution in [-0.4, -0.2) is 31.8 Å². The van der Waals surface area contributed by atoms with E-state index in [1.165, 1.54) is 0 Å². The number of carbonyl (C=O) groups is 1. The van der Waals surface area contributed by atoms with Gasteiger partial charge in [0.2, 0.25) is 0 Å². The Balaban J connectivity index is 1.62. The zero-order valence-corrected chi connectivity index (χ0v) is 14.1. The van der Waals surface area contributed by atoms with Crippen LogP contribution < -0.4 is 0 Å². The molecule has 122 valence electrons. The quantitative estimate of drug-likeness (QED) is 0.731. The molecule has 3 aromatic rings. The van der Waals surface area contributed by atoms with Gasteiger partial charge >= 0.3 is 0 Å². The summed E-state index contributed by atoms with van der Waals surface area (Å²) in [4.78, 5) is 14.9. The van der Waals surface area contributed by atoms with Crippen LogP contribution in [0.4, 0.5) is 0 Å². The molecule has 1 aliphatic carbocycles. The summed E-state index contributed by atoms with van der Waals surface area (Å²) in [6.45, 7) is 0.596. The van der Waals surface area contributed by atoms with Gasteiger partial charge in [-0.1, -0.05) is 28.9 Å². The average Bonchev–Trinajstić information content (AvgIpc) is 3.37. The smallest absolute Gasteiger partial charge is 0.254 e. The Kier molecular flexibility index (Phi) is 3.73. The van der Waals surface area contributed by atoms with E-state index in [0.29, 0.717) is 23.2 Å². The molecule has 0 spiro atoms. The highest BCUT2D eigenvalue weighted by molar-refractivity contribution is 6.30. The Hall–Kier alpha value is -2.40. The number of halogens is 1. The molecule has 0 aliphatic heterocycles. The van der Waals surface area contributed by atoms with Crippen molar-refractivity contribution in [2.75, 3.05) is 0 Å². The second kappa shape index (κ2) is 5.91. The van der Waals surface area contributed by atoms with Crippen molar-refractivity contribution in [2.24, 2.45) is 7.05 Å². The summed E-state index contributed by atoms with van der Waals surface area (Å²) in [5, 5.41) is 8.80. The van der Waals surface area contributed by atoms with E-state index in [4.69, 9.17) is 11.6 Å². The van der Waals surface area contributed by atoms with E-state index in [9.17, 15) is 4.79 Å². The highest BCUT2D eigenvalue weighted by Gasteiger charge is 2.33. The van der Waals surface area contributed by atoms with Crippen LogP contribution in [0.25, 0.3) is 11.0 Å². The number of fused-ring (bicyclic) bond motifs is 1. The van der Waals surface area contributed by atoms with Crippen molar-refractivity contribution in [3.05, 3.63) is 58.6 Å². The van der Waals surface area contributed by atoms with Crippen molar-refractivity contribution in [3.8, 4) is 0 Å². The number of hydrogen-bond acceptors (Lipinski definition) is 3. The van der Waals surface area contributed by atoms with Gasteiger partial charge in [0.05, 0.1) is 5.52 Å². The molecule has 0 radical (unpaired) electrons. The Morgan fingerprint density at radius 2 is 2.00 bits per heavy atom. The molecule has 2 aromatic carbocycles. The van der Waals surface area contributed by atoms with Crippen LogP contribution in [0.2, 0.25) is 5.02 Å². The summed E-state index contributed by atoms with van der Waals surface area (Å²) in [6.07, 6.45) is 2.12. The molecule has 0 atom stereocenters. The SMILES string of the molecule is Cn1nnc2cc(C(=O)N(Cc3ccc(Cl)cc3)C3CC3)ccc21. The van der Waals surface area contributed by atoms with Gasteiger partial charge in [0.25, 0.3) is 5.91 Å². The van der Waals surface area contributed by atoms with Crippen molar-refractivity contribution >= 4 is 28.5 Å². The van der Waals surface area contributed by atoms with E-state index in [1.807, 2.05) is 54.4 Å². The summed E-state index contributed by atoms with van der Waals surface area (Å²) >= 11 is 5.94. The monoisotopic (exact) mass is 340 g/mol. The topological polar surface area (TPSA) is 51.0 Å². The number of benzene rings is 2. The standard InChI is InChI=1S/C18H17ClN4O/c1-22-17-9-4-13(10-16(17)20-21-22)18(24)23(15-7-8-15)11-12-2-5-14(19)6-3-12/h2-6,9-10,15H,7-8,11H2,1H3. The summed E-state index contributed by atoms with van der Waals surface area (Å²) in [5.74, 6) is 0.0417. The molecule has 1 saturated carbocycles. The molecule has 1 heterocycles. The van der Waals surface area contributed by atoms with Gasteiger partial charge in [0.1, 0.15) is 5.52 Å². The lowest BCUT2D eigenvalue weighted by atomic mass is 10.1. The van der Waals surface area contributed by atoms with Crippen LogP contribution >= 0.6 is 11.6 Å². The molecule has 0 bridgehead atoms. The molecule has 0 N–H and O–H groups in total. The summed E-state index contributed by atoms with van der Waals surface area (Å²) < 4.78 is 1.70. The Labute approximate surface area is 144 Å². The average molecular weight is 341 g/mol. The van der Waals surface area contributed by atoms with Crippen molar-refractivity contribution in [2.45, 2.75) is 25.4 Å². The maximum atomic E-state index is 13.0. The summed E-state index contributed by atoms with van der Waals surface area (Å²) in [6, 6.07) is 13.6. The fraction of sp³-hybridized carbons (Fsp3) is 0.278. The van der Waals surface area contributed by atoms with Crippen LogP contribution in [0, 0.1) is 0 Å². The predicted octanol–water partition coefficient (Wildman–Crippen LogP) is 3.43. The highest BCUT2D eigenvalue weighted by atomic mass is 35.5. The van der Waals surface area contributed by atoms with E-state index in [2.05, 4.69) is 10.3 Å².